The monoisotopic (exact) mass is 224 g/mol. The molecule has 0 aliphatic carbocycles. The molecule has 0 aromatic carbocycles. The molecule has 0 saturated carbocycles. The molecule has 0 N–H and O–H groups in total. The fraction of sp³-hybridized carbons (Fsp3) is 0.875. The van der Waals surface area contributed by atoms with Gasteiger partial charge in [0.1, 0.15) is 0 Å². The minimum atomic E-state index is 0.709. The van der Waals surface area contributed by atoms with Crippen LogP contribution in [0.4, 0.5) is 0 Å². The van der Waals surface area contributed by atoms with Gasteiger partial charge in [-0.1, -0.05) is 78.2 Å². The van der Waals surface area contributed by atoms with E-state index < -0.39 is 0 Å². The summed E-state index contributed by atoms with van der Waals surface area (Å²) in [5.74, 6) is 1.71. The molecule has 0 heteroatoms. The van der Waals surface area contributed by atoms with Crippen molar-refractivity contribution in [2.75, 3.05) is 0 Å². The van der Waals surface area contributed by atoms with Gasteiger partial charge in [0.05, 0.1) is 0 Å². The molecule has 0 aromatic rings. The van der Waals surface area contributed by atoms with Gasteiger partial charge in [-0.25, -0.2) is 0 Å². The summed E-state index contributed by atoms with van der Waals surface area (Å²) in [6.07, 6.45) is 14.7. The standard InChI is InChI=1S/C16H32/c1-5-8-13-16(11-6-2)14-10-9-12-15(4)7-3/h7,15-16H,3,5-6,8-14H2,1-2,4H3. The zero-order valence-electron chi connectivity index (χ0n) is 11.8. The lowest BCUT2D eigenvalue weighted by Crippen LogP contribution is -2.01. The molecular formula is C16H32. The van der Waals surface area contributed by atoms with Gasteiger partial charge >= 0.3 is 0 Å². The minimum absolute atomic E-state index is 0.709. The van der Waals surface area contributed by atoms with Crippen LogP contribution in [0.25, 0.3) is 0 Å². The zero-order chi connectivity index (χ0) is 12.2. The van der Waals surface area contributed by atoms with E-state index in [1.807, 2.05) is 0 Å². The summed E-state index contributed by atoms with van der Waals surface area (Å²) in [6.45, 7) is 10.7. The summed E-state index contributed by atoms with van der Waals surface area (Å²) in [5.41, 5.74) is 0. The highest BCUT2D eigenvalue weighted by Crippen LogP contribution is 2.22. The Morgan fingerprint density at radius 2 is 1.50 bits per heavy atom. The number of unbranched alkanes of at least 4 members (excludes halogenated alkanes) is 2. The van der Waals surface area contributed by atoms with Crippen molar-refractivity contribution in [3.05, 3.63) is 12.7 Å². The van der Waals surface area contributed by atoms with Gasteiger partial charge in [-0.05, 0) is 18.3 Å². The highest BCUT2D eigenvalue weighted by Gasteiger charge is 2.07. The van der Waals surface area contributed by atoms with Gasteiger partial charge in [-0.2, -0.15) is 0 Å². The van der Waals surface area contributed by atoms with E-state index in [1.54, 1.807) is 0 Å². The van der Waals surface area contributed by atoms with Gasteiger partial charge in [0.25, 0.3) is 0 Å². The molecule has 0 radical (unpaired) electrons. The Morgan fingerprint density at radius 3 is 2.06 bits per heavy atom. The third kappa shape index (κ3) is 9.00. The molecule has 0 saturated heterocycles. The van der Waals surface area contributed by atoms with Crippen LogP contribution < -0.4 is 0 Å². The largest absolute Gasteiger partial charge is 0.103 e. The fourth-order valence-corrected chi connectivity index (χ4v) is 2.35. The van der Waals surface area contributed by atoms with E-state index >= 15 is 0 Å². The SMILES string of the molecule is C=CC(C)CCCCC(CCC)CCCC. The van der Waals surface area contributed by atoms with Crippen LogP contribution in [0.2, 0.25) is 0 Å². The van der Waals surface area contributed by atoms with Crippen molar-refractivity contribution >= 4 is 0 Å². The predicted molar refractivity (Wildman–Crippen MR) is 75.8 cm³/mol. The lowest BCUT2D eigenvalue weighted by Gasteiger charge is -2.15. The van der Waals surface area contributed by atoms with Crippen molar-refractivity contribution in [2.24, 2.45) is 11.8 Å². The van der Waals surface area contributed by atoms with Gasteiger partial charge in [-0.3, -0.25) is 0 Å². The second-order valence-corrected chi connectivity index (χ2v) is 5.29. The Hall–Kier alpha value is -0.260. The smallest absolute Gasteiger partial charge is 0.0265 e. The molecule has 0 bridgehead atoms. The fourth-order valence-electron chi connectivity index (χ4n) is 2.35. The van der Waals surface area contributed by atoms with Crippen LogP contribution in [0.15, 0.2) is 12.7 Å². The summed E-state index contributed by atoms with van der Waals surface area (Å²) in [4.78, 5) is 0. The molecule has 16 heavy (non-hydrogen) atoms. The van der Waals surface area contributed by atoms with Crippen LogP contribution in [0, 0.1) is 11.8 Å². The number of hydrogen-bond donors (Lipinski definition) is 0. The van der Waals surface area contributed by atoms with Gasteiger partial charge < -0.3 is 0 Å². The van der Waals surface area contributed by atoms with E-state index in [4.69, 9.17) is 0 Å². The Kier molecular flexibility index (Phi) is 11.0. The van der Waals surface area contributed by atoms with Gasteiger partial charge in [-0.15, -0.1) is 6.58 Å². The van der Waals surface area contributed by atoms with E-state index in [-0.39, 0.29) is 0 Å². The molecule has 0 aromatic heterocycles. The van der Waals surface area contributed by atoms with Crippen LogP contribution in [0.5, 0.6) is 0 Å². The van der Waals surface area contributed by atoms with Gasteiger partial charge in [0, 0.05) is 0 Å². The first-order chi connectivity index (χ1) is 7.74. The number of hydrogen-bond acceptors (Lipinski definition) is 0. The van der Waals surface area contributed by atoms with Crippen LogP contribution in [-0.2, 0) is 0 Å². The Bertz CT molecular complexity index is 148. The average molecular weight is 224 g/mol. The quantitative estimate of drug-likeness (QED) is 0.299. The highest BCUT2D eigenvalue weighted by atomic mass is 14.1. The van der Waals surface area contributed by atoms with Gasteiger partial charge in [0.2, 0.25) is 0 Å². The van der Waals surface area contributed by atoms with Crippen molar-refractivity contribution in [2.45, 2.75) is 78.6 Å². The number of allylic oxidation sites excluding steroid dienone is 1. The normalized spacial score (nSPS) is 14.7. The van der Waals surface area contributed by atoms with Crippen molar-refractivity contribution < 1.29 is 0 Å². The zero-order valence-corrected chi connectivity index (χ0v) is 11.8. The van der Waals surface area contributed by atoms with Crippen LogP contribution in [-0.4, -0.2) is 0 Å². The number of rotatable bonds is 11. The summed E-state index contributed by atoms with van der Waals surface area (Å²) >= 11 is 0. The summed E-state index contributed by atoms with van der Waals surface area (Å²) in [7, 11) is 0. The average Bonchev–Trinajstić information content (AvgIpc) is 2.30. The molecule has 0 heterocycles. The topological polar surface area (TPSA) is 0 Å². The molecule has 0 fully saturated rings. The minimum Gasteiger partial charge on any atom is -0.103 e. The van der Waals surface area contributed by atoms with Crippen molar-refractivity contribution in [1.82, 2.24) is 0 Å². The molecule has 0 rings (SSSR count). The van der Waals surface area contributed by atoms with E-state index in [9.17, 15) is 0 Å². The van der Waals surface area contributed by atoms with Crippen LogP contribution in [0.3, 0.4) is 0 Å². The maximum absolute atomic E-state index is 3.84. The summed E-state index contributed by atoms with van der Waals surface area (Å²) in [6, 6.07) is 0. The molecule has 0 aliphatic rings. The first-order valence-corrected chi connectivity index (χ1v) is 7.37. The molecule has 96 valence electrons. The summed E-state index contributed by atoms with van der Waals surface area (Å²) < 4.78 is 0. The molecule has 0 spiro atoms. The first-order valence-electron chi connectivity index (χ1n) is 7.37. The molecule has 0 nitrogen and oxygen atoms in total. The van der Waals surface area contributed by atoms with E-state index in [0.717, 1.165) is 5.92 Å². The van der Waals surface area contributed by atoms with Crippen molar-refractivity contribution in [3.63, 3.8) is 0 Å². The second kappa shape index (κ2) is 11.2. The molecule has 0 amide bonds. The van der Waals surface area contributed by atoms with Crippen molar-refractivity contribution in [1.29, 1.82) is 0 Å². The Morgan fingerprint density at radius 1 is 0.875 bits per heavy atom. The van der Waals surface area contributed by atoms with E-state index in [0.29, 0.717) is 5.92 Å². The maximum atomic E-state index is 3.84. The highest BCUT2D eigenvalue weighted by molar-refractivity contribution is 4.74. The second-order valence-electron chi connectivity index (χ2n) is 5.29. The summed E-state index contributed by atoms with van der Waals surface area (Å²) in [5, 5.41) is 0. The van der Waals surface area contributed by atoms with Gasteiger partial charge in [0.15, 0.2) is 0 Å². The lowest BCUT2D eigenvalue weighted by molar-refractivity contribution is 0.381. The lowest BCUT2D eigenvalue weighted by atomic mass is 9.91. The van der Waals surface area contributed by atoms with Crippen LogP contribution >= 0.6 is 0 Å². The molecular weight excluding hydrogens is 192 g/mol. The molecule has 2 atom stereocenters. The Balaban J connectivity index is 3.54. The van der Waals surface area contributed by atoms with E-state index in [1.165, 1.54) is 57.8 Å². The third-order valence-corrected chi connectivity index (χ3v) is 3.59. The maximum Gasteiger partial charge on any atom is -0.0265 e. The molecule has 2 unspecified atom stereocenters. The van der Waals surface area contributed by atoms with Crippen molar-refractivity contribution in [3.8, 4) is 0 Å². The molecule has 0 aliphatic heterocycles. The van der Waals surface area contributed by atoms with E-state index in [2.05, 4.69) is 33.4 Å². The first kappa shape index (κ1) is 15.7. The van der Waals surface area contributed by atoms with Crippen LogP contribution in [0.1, 0.15) is 78.6 Å². The third-order valence-electron chi connectivity index (χ3n) is 3.59. The predicted octanol–water partition coefficient (Wildman–Crippen LogP) is 5.98. The Labute approximate surface area is 104 Å².